The zero-order chi connectivity index (χ0) is 18.8. The average molecular weight is 355 g/mol. The van der Waals surface area contributed by atoms with Gasteiger partial charge in [-0.2, -0.15) is 0 Å². The fourth-order valence-electron chi connectivity index (χ4n) is 2.56. The number of esters is 2. The third-order valence-corrected chi connectivity index (χ3v) is 4.07. The third kappa shape index (κ3) is 15.9. The van der Waals surface area contributed by atoms with Crippen LogP contribution in [0.25, 0.3) is 0 Å². The molecule has 0 rings (SSSR count). The van der Waals surface area contributed by atoms with Gasteiger partial charge in [0.15, 0.2) is 6.10 Å². The van der Waals surface area contributed by atoms with Gasteiger partial charge in [0.1, 0.15) is 6.61 Å². The van der Waals surface area contributed by atoms with Crippen LogP contribution in [0.5, 0.6) is 0 Å². The molecule has 0 bridgehead atoms. The minimum Gasteiger partial charge on any atom is -0.461 e. The lowest BCUT2D eigenvalue weighted by Gasteiger charge is -2.15. The lowest BCUT2D eigenvalue weighted by atomic mass is 10.1. The van der Waals surface area contributed by atoms with Gasteiger partial charge in [0, 0.05) is 12.8 Å². The van der Waals surface area contributed by atoms with Crippen LogP contribution in [0.15, 0.2) is 12.2 Å². The van der Waals surface area contributed by atoms with Crippen molar-refractivity contribution >= 4 is 11.9 Å². The number of hydrogen-bond donors (Lipinski definition) is 0. The van der Waals surface area contributed by atoms with Gasteiger partial charge in [0.25, 0.3) is 0 Å². The number of allylic oxidation sites excluding steroid dienone is 1. The summed E-state index contributed by atoms with van der Waals surface area (Å²) in [7, 11) is 0. The van der Waals surface area contributed by atoms with Gasteiger partial charge >= 0.3 is 11.9 Å². The Kier molecular flexibility index (Phi) is 16.6. The summed E-state index contributed by atoms with van der Waals surface area (Å²) in [5.74, 6) is -0.420. The first-order valence-corrected chi connectivity index (χ1v) is 10.1. The van der Waals surface area contributed by atoms with Gasteiger partial charge < -0.3 is 9.47 Å². The van der Waals surface area contributed by atoms with E-state index < -0.39 is 6.10 Å². The van der Waals surface area contributed by atoms with Crippen molar-refractivity contribution in [2.24, 2.45) is 0 Å². The van der Waals surface area contributed by atoms with Crippen molar-refractivity contribution in [3.8, 4) is 0 Å². The summed E-state index contributed by atoms with van der Waals surface area (Å²) < 4.78 is 10.7. The molecule has 0 aromatic carbocycles. The van der Waals surface area contributed by atoms with E-state index in [9.17, 15) is 9.59 Å². The number of hydrogen-bond acceptors (Lipinski definition) is 4. The standard InChI is InChI=1S/C21H38O4/c1-4-7-9-11-13-16-20(22)24-18-19(15-6-3)25-21(23)17-14-12-10-8-5-2/h6,15,19H,4-5,7-14,16-18H2,1-3H3. The molecule has 0 saturated carbocycles. The zero-order valence-corrected chi connectivity index (χ0v) is 16.6. The van der Waals surface area contributed by atoms with Crippen LogP contribution in [0.4, 0.5) is 0 Å². The first-order chi connectivity index (χ1) is 12.1. The summed E-state index contributed by atoms with van der Waals surface area (Å²) in [5, 5.41) is 0. The molecule has 0 amide bonds. The van der Waals surface area contributed by atoms with E-state index >= 15 is 0 Å². The highest BCUT2D eigenvalue weighted by atomic mass is 16.6. The first-order valence-electron chi connectivity index (χ1n) is 10.1. The number of carbonyl (C=O) groups is 2. The summed E-state index contributed by atoms with van der Waals surface area (Å²) in [6, 6.07) is 0. The van der Waals surface area contributed by atoms with Crippen LogP contribution >= 0.6 is 0 Å². The van der Waals surface area contributed by atoms with Gasteiger partial charge in [0.2, 0.25) is 0 Å². The van der Waals surface area contributed by atoms with Gasteiger partial charge in [0.05, 0.1) is 0 Å². The molecule has 146 valence electrons. The molecule has 0 saturated heterocycles. The summed E-state index contributed by atoms with van der Waals surface area (Å²) in [6.07, 6.45) is 15.0. The highest BCUT2D eigenvalue weighted by Gasteiger charge is 2.14. The second kappa shape index (κ2) is 17.5. The monoisotopic (exact) mass is 354 g/mol. The van der Waals surface area contributed by atoms with Crippen LogP contribution in [0.3, 0.4) is 0 Å². The van der Waals surface area contributed by atoms with E-state index in [1.54, 1.807) is 6.08 Å². The zero-order valence-electron chi connectivity index (χ0n) is 16.6. The molecule has 25 heavy (non-hydrogen) atoms. The largest absolute Gasteiger partial charge is 0.461 e. The predicted octanol–water partition coefficient (Wildman–Crippen LogP) is 5.74. The summed E-state index contributed by atoms with van der Waals surface area (Å²) in [6.45, 7) is 6.31. The molecule has 0 spiro atoms. The lowest BCUT2D eigenvalue weighted by molar-refractivity contribution is -0.156. The molecule has 0 aliphatic rings. The molecule has 4 nitrogen and oxygen atoms in total. The Morgan fingerprint density at radius 1 is 0.800 bits per heavy atom. The first kappa shape index (κ1) is 23.7. The normalized spacial score (nSPS) is 12.3. The smallest absolute Gasteiger partial charge is 0.306 e. The number of rotatable bonds is 16. The van der Waals surface area contributed by atoms with E-state index in [2.05, 4.69) is 13.8 Å². The molecule has 0 radical (unpaired) electrons. The van der Waals surface area contributed by atoms with Crippen molar-refractivity contribution in [3.05, 3.63) is 12.2 Å². The Labute approximate surface area is 154 Å². The Hall–Kier alpha value is -1.32. The van der Waals surface area contributed by atoms with Crippen molar-refractivity contribution < 1.29 is 19.1 Å². The van der Waals surface area contributed by atoms with Crippen LogP contribution in [0, 0.1) is 0 Å². The minimum atomic E-state index is -0.475. The molecule has 0 fully saturated rings. The molecular formula is C21H38O4. The maximum Gasteiger partial charge on any atom is 0.306 e. The highest BCUT2D eigenvalue weighted by molar-refractivity contribution is 5.70. The van der Waals surface area contributed by atoms with Gasteiger partial charge in [-0.15, -0.1) is 0 Å². The molecule has 1 atom stereocenters. The quantitative estimate of drug-likeness (QED) is 0.201. The van der Waals surface area contributed by atoms with Crippen LogP contribution in [0.2, 0.25) is 0 Å². The fraction of sp³-hybridized carbons (Fsp3) is 0.810. The molecule has 0 aromatic rings. The Balaban J connectivity index is 3.92. The van der Waals surface area contributed by atoms with Gasteiger partial charge in [-0.25, -0.2) is 0 Å². The molecule has 0 N–H and O–H groups in total. The van der Waals surface area contributed by atoms with E-state index in [4.69, 9.17) is 9.47 Å². The molecule has 0 aliphatic carbocycles. The topological polar surface area (TPSA) is 52.6 Å². The van der Waals surface area contributed by atoms with Crippen LogP contribution in [0.1, 0.15) is 97.8 Å². The summed E-state index contributed by atoms with van der Waals surface area (Å²) in [5.41, 5.74) is 0. The van der Waals surface area contributed by atoms with Crippen LogP contribution < -0.4 is 0 Å². The lowest BCUT2D eigenvalue weighted by Crippen LogP contribution is -2.23. The van der Waals surface area contributed by atoms with Gasteiger partial charge in [-0.1, -0.05) is 71.3 Å². The predicted molar refractivity (Wildman–Crippen MR) is 102 cm³/mol. The Morgan fingerprint density at radius 3 is 1.84 bits per heavy atom. The molecular weight excluding hydrogens is 316 g/mol. The van der Waals surface area contributed by atoms with Crippen molar-refractivity contribution in [1.29, 1.82) is 0 Å². The summed E-state index contributed by atoms with van der Waals surface area (Å²) >= 11 is 0. The van der Waals surface area contributed by atoms with Crippen LogP contribution in [-0.2, 0) is 19.1 Å². The second-order valence-corrected chi connectivity index (χ2v) is 6.57. The average Bonchev–Trinajstić information content (AvgIpc) is 2.59. The number of unbranched alkanes of at least 4 members (excludes halogenated alkanes) is 8. The SMILES string of the molecule is CC=CC(COC(=O)CCCCCCC)OC(=O)CCCCCCC. The Morgan fingerprint density at radius 2 is 1.32 bits per heavy atom. The molecule has 4 heteroatoms. The van der Waals surface area contributed by atoms with Gasteiger partial charge in [-0.05, 0) is 25.8 Å². The van der Waals surface area contributed by atoms with E-state index in [1.807, 2.05) is 13.0 Å². The second-order valence-electron chi connectivity index (χ2n) is 6.57. The highest BCUT2D eigenvalue weighted by Crippen LogP contribution is 2.09. The molecule has 1 unspecified atom stereocenters. The molecule has 0 aromatic heterocycles. The third-order valence-electron chi connectivity index (χ3n) is 4.07. The van der Waals surface area contributed by atoms with Crippen LogP contribution in [-0.4, -0.2) is 24.6 Å². The minimum absolute atomic E-state index is 0.111. The van der Waals surface area contributed by atoms with E-state index in [-0.39, 0.29) is 18.5 Å². The maximum absolute atomic E-state index is 11.9. The van der Waals surface area contributed by atoms with Crippen molar-refractivity contribution in [2.45, 2.75) is 104 Å². The van der Waals surface area contributed by atoms with E-state index in [1.165, 1.54) is 32.1 Å². The number of ether oxygens (including phenoxy) is 2. The molecule has 0 aliphatic heterocycles. The van der Waals surface area contributed by atoms with Gasteiger partial charge in [-0.3, -0.25) is 9.59 Å². The maximum atomic E-state index is 11.9. The van der Waals surface area contributed by atoms with Crippen molar-refractivity contribution in [3.63, 3.8) is 0 Å². The Bertz CT molecular complexity index is 363. The van der Waals surface area contributed by atoms with E-state index in [0.29, 0.717) is 12.8 Å². The number of carbonyl (C=O) groups excluding carboxylic acids is 2. The van der Waals surface area contributed by atoms with Crippen molar-refractivity contribution in [1.82, 2.24) is 0 Å². The fourth-order valence-corrected chi connectivity index (χ4v) is 2.56. The van der Waals surface area contributed by atoms with E-state index in [0.717, 1.165) is 32.1 Å². The molecule has 0 heterocycles. The van der Waals surface area contributed by atoms with Crippen molar-refractivity contribution in [2.75, 3.05) is 6.61 Å². The summed E-state index contributed by atoms with van der Waals surface area (Å²) in [4.78, 5) is 23.6.